The molecular weight excluding hydrogens is 190 g/mol. The number of aliphatic hydroxyl groups is 2. The lowest BCUT2D eigenvalue weighted by Crippen LogP contribution is -2.39. The molecule has 3 N–H and O–H groups in total. The summed E-state index contributed by atoms with van der Waals surface area (Å²) in [4.78, 5) is 13.0. The summed E-state index contributed by atoms with van der Waals surface area (Å²) in [5.74, 6) is -1.19. The van der Waals surface area contributed by atoms with Gasteiger partial charge in [-0.15, -0.1) is 0 Å². The fourth-order valence-corrected chi connectivity index (χ4v) is 1.31. The summed E-state index contributed by atoms with van der Waals surface area (Å²) < 4.78 is 0. The molecule has 0 amide bonds. The van der Waals surface area contributed by atoms with Crippen LogP contribution in [0, 0.1) is 0 Å². The Bertz CT molecular complexity index is 321. The van der Waals surface area contributed by atoms with Crippen molar-refractivity contribution in [2.75, 3.05) is 0 Å². The zero-order valence-electron chi connectivity index (χ0n) is 7.11. The first-order valence-electron chi connectivity index (χ1n) is 3.90. The summed E-state index contributed by atoms with van der Waals surface area (Å²) in [5.41, 5.74) is 8.05. The molecule has 0 spiro atoms. The Morgan fingerprint density at radius 1 is 1.64 bits per heavy atom. The lowest BCUT2D eigenvalue weighted by atomic mass is 9.91. The Kier molecular flexibility index (Phi) is 3.08. The lowest BCUT2D eigenvalue weighted by Gasteiger charge is -2.26. The molecule has 0 fully saturated rings. The van der Waals surface area contributed by atoms with Gasteiger partial charge in [0.15, 0.2) is 0 Å². The maximum Gasteiger partial charge on any atom is 0.331 e. The average molecular weight is 199 g/mol. The summed E-state index contributed by atoms with van der Waals surface area (Å²) in [6.45, 7) is 0. The molecule has 1 aliphatic rings. The number of rotatable bonds is 2. The Morgan fingerprint density at radius 2 is 2.29 bits per heavy atom. The predicted octanol–water partition coefficient (Wildman–Crippen LogP) is -0.198. The van der Waals surface area contributed by atoms with Crippen molar-refractivity contribution in [2.45, 2.75) is 24.7 Å². The molecule has 0 heterocycles. The topological polar surface area (TPSA) is 127 Å². The summed E-state index contributed by atoms with van der Waals surface area (Å²) >= 11 is 0. The summed E-state index contributed by atoms with van der Waals surface area (Å²) in [6.07, 6.45) is -1.46. The monoisotopic (exact) mass is 199 g/mol. The van der Waals surface area contributed by atoms with Gasteiger partial charge in [-0.05, 0) is 11.6 Å². The van der Waals surface area contributed by atoms with Gasteiger partial charge in [0, 0.05) is 16.9 Å². The van der Waals surface area contributed by atoms with E-state index in [2.05, 4.69) is 10.0 Å². The van der Waals surface area contributed by atoms with Gasteiger partial charge in [-0.2, -0.15) is 0 Å². The van der Waals surface area contributed by atoms with E-state index >= 15 is 0 Å². The fourth-order valence-electron chi connectivity index (χ4n) is 1.31. The molecule has 0 unspecified atom stereocenters. The summed E-state index contributed by atoms with van der Waals surface area (Å²) in [5, 5.41) is 30.5. The molecule has 1 aliphatic carbocycles. The predicted molar refractivity (Wildman–Crippen MR) is 45.3 cm³/mol. The van der Waals surface area contributed by atoms with Crippen molar-refractivity contribution >= 4 is 5.97 Å². The minimum atomic E-state index is -1.25. The van der Waals surface area contributed by atoms with Gasteiger partial charge in [-0.1, -0.05) is 5.11 Å². The fraction of sp³-hybridized carbons (Fsp3) is 0.571. The number of carboxylic acid groups (broad SMARTS) is 1. The van der Waals surface area contributed by atoms with Gasteiger partial charge in [0.25, 0.3) is 0 Å². The molecule has 76 valence electrons. The van der Waals surface area contributed by atoms with E-state index in [1.54, 1.807) is 0 Å². The molecule has 0 aromatic rings. The Hall–Kier alpha value is -1.56. The Labute approximate surface area is 78.9 Å². The van der Waals surface area contributed by atoms with Crippen LogP contribution < -0.4 is 0 Å². The Balaban J connectivity index is 2.91. The minimum absolute atomic E-state index is 0.0746. The highest BCUT2D eigenvalue weighted by Crippen LogP contribution is 2.22. The van der Waals surface area contributed by atoms with Gasteiger partial charge in [-0.3, -0.25) is 0 Å². The molecule has 14 heavy (non-hydrogen) atoms. The largest absolute Gasteiger partial charge is 0.478 e. The summed E-state index contributed by atoms with van der Waals surface area (Å²) in [7, 11) is 0. The van der Waals surface area contributed by atoms with Gasteiger partial charge in [0.05, 0.1) is 18.2 Å². The van der Waals surface area contributed by atoms with Gasteiger partial charge >= 0.3 is 5.97 Å². The van der Waals surface area contributed by atoms with Crippen LogP contribution in [0.2, 0.25) is 0 Å². The van der Waals surface area contributed by atoms with E-state index in [4.69, 9.17) is 10.6 Å². The van der Waals surface area contributed by atoms with Crippen LogP contribution >= 0.6 is 0 Å². The second-order valence-electron chi connectivity index (χ2n) is 2.95. The quantitative estimate of drug-likeness (QED) is 0.323. The van der Waals surface area contributed by atoms with E-state index in [1.165, 1.54) is 0 Å². The maximum atomic E-state index is 10.5. The second kappa shape index (κ2) is 4.10. The smallest absolute Gasteiger partial charge is 0.331 e. The van der Waals surface area contributed by atoms with E-state index in [0.717, 1.165) is 6.08 Å². The molecule has 0 bridgehead atoms. The molecule has 7 heteroatoms. The minimum Gasteiger partial charge on any atom is -0.478 e. The van der Waals surface area contributed by atoms with Gasteiger partial charge in [-0.25, -0.2) is 4.79 Å². The number of aliphatic carboxylic acids is 1. The van der Waals surface area contributed by atoms with E-state index in [1.807, 2.05) is 0 Å². The molecule has 0 aromatic heterocycles. The number of carbonyl (C=O) groups is 1. The zero-order valence-corrected chi connectivity index (χ0v) is 7.11. The van der Waals surface area contributed by atoms with Crippen molar-refractivity contribution in [1.29, 1.82) is 0 Å². The van der Waals surface area contributed by atoms with E-state index in [9.17, 15) is 15.0 Å². The van der Waals surface area contributed by atoms with E-state index in [-0.39, 0.29) is 12.0 Å². The first kappa shape index (κ1) is 10.5. The van der Waals surface area contributed by atoms with Gasteiger partial charge < -0.3 is 15.3 Å². The molecule has 7 nitrogen and oxygen atoms in total. The third kappa shape index (κ3) is 2.02. The van der Waals surface area contributed by atoms with Gasteiger partial charge in [0.1, 0.15) is 0 Å². The van der Waals surface area contributed by atoms with Crippen molar-refractivity contribution in [3.63, 3.8) is 0 Å². The first-order valence-corrected chi connectivity index (χ1v) is 3.90. The number of hydrogen-bond acceptors (Lipinski definition) is 4. The third-order valence-corrected chi connectivity index (χ3v) is 2.00. The molecule has 1 rings (SSSR count). The highest BCUT2D eigenvalue weighted by Gasteiger charge is 2.32. The van der Waals surface area contributed by atoms with Crippen LogP contribution in [-0.2, 0) is 4.79 Å². The van der Waals surface area contributed by atoms with Crippen LogP contribution in [-0.4, -0.2) is 39.5 Å². The molecule has 0 aromatic carbocycles. The second-order valence-corrected chi connectivity index (χ2v) is 2.95. The third-order valence-electron chi connectivity index (χ3n) is 2.00. The van der Waals surface area contributed by atoms with Gasteiger partial charge in [0.2, 0.25) is 0 Å². The van der Waals surface area contributed by atoms with E-state index < -0.39 is 24.2 Å². The number of azide groups is 1. The van der Waals surface area contributed by atoms with Crippen molar-refractivity contribution in [3.05, 3.63) is 22.1 Å². The van der Waals surface area contributed by atoms with Crippen LogP contribution in [0.3, 0.4) is 0 Å². The Morgan fingerprint density at radius 3 is 2.71 bits per heavy atom. The molecule has 0 aliphatic heterocycles. The molecule has 0 saturated carbocycles. The maximum absolute atomic E-state index is 10.5. The summed E-state index contributed by atoms with van der Waals surface area (Å²) in [6, 6.07) is -1.01. The molecule has 0 radical (unpaired) electrons. The normalized spacial score (nSPS) is 31.6. The number of nitrogens with zero attached hydrogens (tertiary/aromatic N) is 3. The van der Waals surface area contributed by atoms with Crippen LogP contribution in [0.1, 0.15) is 6.42 Å². The van der Waals surface area contributed by atoms with Crippen molar-refractivity contribution in [3.8, 4) is 0 Å². The SMILES string of the molecule is [N-]=[N+]=N[C@@H]1[C@H](O)CC(C(=O)O)=C[C@@H]1O. The van der Waals surface area contributed by atoms with Crippen LogP contribution in [0.5, 0.6) is 0 Å². The zero-order chi connectivity index (χ0) is 10.7. The van der Waals surface area contributed by atoms with E-state index in [0.29, 0.717) is 0 Å². The van der Waals surface area contributed by atoms with Crippen LogP contribution in [0.4, 0.5) is 0 Å². The number of carboxylic acids is 1. The molecule has 3 atom stereocenters. The number of aliphatic hydroxyl groups excluding tert-OH is 2. The van der Waals surface area contributed by atoms with Crippen molar-refractivity contribution < 1.29 is 20.1 Å². The van der Waals surface area contributed by atoms with Crippen molar-refractivity contribution in [1.82, 2.24) is 0 Å². The highest BCUT2D eigenvalue weighted by atomic mass is 16.4. The molecular formula is C7H9N3O4. The van der Waals surface area contributed by atoms with Crippen molar-refractivity contribution in [2.24, 2.45) is 5.11 Å². The molecule has 0 saturated heterocycles. The number of hydrogen-bond donors (Lipinski definition) is 3. The standard InChI is InChI=1S/C7H9N3O4/c8-10-9-6-4(11)1-3(7(13)14)2-5(6)12/h1,4-6,11-12H,2H2,(H,13,14)/t4-,5+,6-/m0/s1. The van der Waals surface area contributed by atoms with Crippen LogP contribution in [0.15, 0.2) is 16.8 Å². The average Bonchev–Trinajstić information content (AvgIpc) is 2.10. The first-order chi connectivity index (χ1) is 6.56. The lowest BCUT2D eigenvalue weighted by molar-refractivity contribution is -0.133. The van der Waals surface area contributed by atoms with Crippen LogP contribution in [0.25, 0.3) is 10.4 Å². The highest BCUT2D eigenvalue weighted by molar-refractivity contribution is 5.87.